The number of carbonyl (C=O) groups is 3. The smallest absolute Gasteiger partial charge is 0.249 e. The molecular formula is C16H24N4O3. The molecule has 7 nitrogen and oxygen atoms in total. The summed E-state index contributed by atoms with van der Waals surface area (Å²) in [4.78, 5) is 37.4. The van der Waals surface area contributed by atoms with E-state index in [4.69, 9.17) is 5.73 Å². The molecule has 1 unspecified atom stereocenters. The second-order valence-corrected chi connectivity index (χ2v) is 5.04. The van der Waals surface area contributed by atoms with Gasteiger partial charge in [0.05, 0.1) is 11.4 Å². The van der Waals surface area contributed by atoms with Gasteiger partial charge < -0.3 is 15.5 Å². The van der Waals surface area contributed by atoms with Crippen LogP contribution in [0.4, 0.5) is 17.1 Å². The van der Waals surface area contributed by atoms with Crippen LogP contribution in [0.3, 0.4) is 0 Å². The van der Waals surface area contributed by atoms with Gasteiger partial charge in [-0.05, 0) is 24.6 Å². The second kappa shape index (κ2) is 8.17. The summed E-state index contributed by atoms with van der Waals surface area (Å²) in [5.41, 5.74) is 7.60. The number of anilines is 3. The van der Waals surface area contributed by atoms with Gasteiger partial charge in [-0.2, -0.15) is 0 Å². The Labute approximate surface area is 136 Å². The van der Waals surface area contributed by atoms with Crippen LogP contribution in [0.1, 0.15) is 26.7 Å². The minimum atomic E-state index is -0.454. The maximum Gasteiger partial charge on any atom is 0.249 e. The molecular weight excluding hydrogens is 296 g/mol. The van der Waals surface area contributed by atoms with Gasteiger partial charge in [0, 0.05) is 26.2 Å². The van der Waals surface area contributed by atoms with Crippen molar-refractivity contribution in [2.24, 2.45) is 0 Å². The minimum absolute atomic E-state index is 0.257. The molecule has 0 bridgehead atoms. The Morgan fingerprint density at radius 1 is 1.22 bits per heavy atom. The van der Waals surface area contributed by atoms with Crippen LogP contribution in [0.2, 0.25) is 0 Å². The molecule has 1 atom stereocenters. The van der Waals surface area contributed by atoms with Crippen molar-refractivity contribution in [3.63, 3.8) is 0 Å². The third-order valence-corrected chi connectivity index (χ3v) is 3.60. The average molecular weight is 320 g/mol. The number of hydrogen-bond donors (Lipinski definition) is 2. The highest BCUT2D eigenvalue weighted by Gasteiger charge is 2.31. The fourth-order valence-corrected chi connectivity index (χ4v) is 2.40. The molecule has 0 radical (unpaired) electrons. The maximum atomic E-state index is 12.0. The number of imide groups is 1. The highest BCUT2D eigenvalue weighted by Crippen LogP contribution is 2.32. The zero-order valence-electron chi connectivity index (χ0n) is 14.0. The molecule has 1 aliphatic heterocycles. The molecule has 0 saturated carbocycles. The van der Waals surface area contributed by atoms with Crippen molar-refractivity contribution >= 4 is 35.3 Å². The lowest BCUT2D eigenvalue weighted by Gasteiger charge is -2.33. The summed E-state index contributed by atoms with van der Waals surface area (Å²) in [6, 6.07) is 4.69. The Balaban J connectivity index is 0.00000127. The molecule has 1 aliphatic rings. The van der Waals surface area contributed by atoms with Crippen molar-refractivity contribution in [2.75, 3.05) is 29.6 Å². The quantitative estimate of drug-likeness (QED) is 0.492. The number of likely N-dealkylation sites (N-methyl/N-ethyl adjacent to an activating group) is 1. The van der Waals surface area contributed by atoms with E-state index in [9.17, 15) is 14.4 Å². The number of rotatable bonds is 4. The molecule has 1 fully saturated rings. The van der Waals surface area contributed by atoms with Crippen LogP contribution < -0.4 is 20.9 Å². The van der Waals surface area contributed by atoms with E-state index in [1.165, 1.54) is 4.90 Å². The summed E-state index contributed by atoms with van der Waals surface area (Å²) in [6.07, 6.45) is 1.42. The highest BCUT2D eigenvalue weighted by molar-refractivity contribution is 6.02. The number of hydrogen-bond acceptors (Lipinski definition) is 5. The van der Waals surface area contributed by atoms with E-state index in [0.29, 0.717) is 36.3 Å². The van der Waals surface area contributed by atoms with E-state index in [-0.39, 0.29) is 11.8 Å². The normalized spacial score (nSPS) is 16.8. The fourth-order valence-electron chi connectivity index (χ4n) is 2.40. The molecule has 1 aromatic rings. The van der Waals surface area contributed by atoms with Crippen molar-refractivity contribution in [3.05, 3.63) is 18.2 Å². The van der Waals surface area contributed by atoms with Crippen molar-refractivity contribution in [1.82, 2.24) is 5.32 Å². The summed E-state index contributed by atoms with van der Waals surface area (Å²) in [7, 11) is 3.37. The predicted molar refractivity (Wildman–Crippen MR) is 91.2 cm³/mol. The third kappa shape index (κ3) is 4.21. The van der Waals surface area contributed by atoms with Crippen molar-refractivity contribution in [2.45, 2.75) is 32.7 Å². The number of amides is 3. The summed E-state index contributed by atoms with van der Waals surface area (Å²) in [5, 5.41) is 2.33. The number of carbonyl (C=O) groups excluding carboxylic acids is 3. The van der Waals surface area contributed by atoms with E-state index in [1.807, 2.05) is 13.8 Å². The largest absolute Gasteiger partial charge is 0.399 e. The summed E-state index contributed by atoms with van der Waals surface area (Å²) >= 11 is 0. The number of nitrogens with two attached hydrogens (primary N) is 1. The summed E-state index contributed by atoms with van der Waals surface area (Å²) in [5.74, 6) is -0.586. The maximum absolute atomic E-state index is 12.0. The first kappa shape index (κ1) is 18.5. The number of benzene rings is 1. The topological polar surface area (TPSA) is 95.7 Å². The van der Waals surface area contributed by atoms with Crippen LogP contribution in [-0.4, -0.2) is 38.4 Å². The van der Waals surface area contributed by atoms with Gasteiger partial charge in [0.15, 0.2) is 0 Å². The molecule has 1 aromatic carbocycles. The van der Waals surface area contributed by atoms with Crippen molar-refractivity contribution in [1.29, 1.82) is 0 Å². The lowest BCUT2D eigenvalue weighted by molar-refractivity contribution is -0.134. The fraction of sp³-hybridized carbons (Fsp3) is 0.438. The van der Waals surface area contributed by atoms with Gasteiger partial charge in [-0.1, -0.05) is 13.8 Å². The van der Waals surface area contributed by atoms with Crippen LogP contribution in [0, 0.1) is 0 Å². The summed E-state index contributed by atoms with van der Waals surface area (Å²) in [6.45, 7) is 4.00. The third-order valence-electron chi connectivity index (χ3n) is 3.60. The monoisotopic (exact) mass is 320 g/mol. The van der Waals surface area contributed by atoms with E-state index in [1.54, 1.807) is 37.2 Å². The van der Waals surface area contributed by atoms with Crippen molar-refractivity contribution < 1.29 is 14.4 Å². The van der Waals surface area contributed by atoms with Gasteiger partial charge in [0.1, 0.15) is 6.04 Å². The van der Waals surface area contributed by atoms with E-state index < -0.39 is 6.04 Å². The number of nitrogen functional groups attached to an aromatic ring is 1. The van der Waals surface area contributed by atoms with Gasteiger partial charge in [0.2, 0.25) is 18.2 Å². The highest BCUT2D eigenvalue weighted by atomic mass is 16.2. The number of nitrogens with one attached hydrogen (secondary N) is 1. The van der Waals surface area contributed by atoms with Crippen LogP contribution in [0.25, 0.3) is 0 Å². The second-order valence-electron chi connectivity index (χ2n) is 5.04. The van der Waals surface area contributed by atoms with E-state index >= 15 is 0 Å². The molecule has 3 N–H and O–H groups in total. The zero-order valence-corrected chi connectivity index (χ0v) is 14.0. The lowest BCUT2D eigenvalue weighted by Crippen LogP contribution is -2.51. The Morgan fingerprint density at radius 2 is 1.87 bits per heavy atom. The zero-order chi connectivity index (χ0) is 17.6. The van der Waals surface area contributed by atoms with Crippen LogP contribution in [0.15, 0.2) is 18.2 Å². The molecule has 1 saturated heterocycles. The van der Waals surface area contributed by atoms with E-state index in [0.717, 1.165) is 0 Å². The van der Waals surface area contributed by atoms with Gasteiger partial charge >= 0.3 is 0 Å². The van der Waals surface area contributed by atoms with E-state index in [2.05, 4.69) is 5.32 Å². The number of nitrogens with zero attached hydrogens (tertiary/aromatic N) is 2. The first-order valence-electron chi connectivity index (χ1n) is 7.58. The molecule has 0 aromatic heterocycles. The number of piperidine rings is 1. The van der Waals surface area contributed by atoms with Gasteiger partial charge in [-0.15, -0.1) is 0 Å². The molecule has 3 amide bonds. The van der Waals surface area contributed by atoms with Crippen molar-refractivity contribution in [3.8, 4) is 0 Å². The van der Waals surface area contributed by atoms with Gasteiger partial charge in [-0.3, -0.25) is 19.7 Å². The molecule has 23 heavy (non-hydrogen) atoms. The Hall–Kier alpha value is -2.57. The lowest BCUT2D eigenvalue weighted by atomic mass is 10.0. The van der Waals surface area contributed by atoms with Crippen LogP contribution in [0.5, 0.6) is 0 Å². The summed E-state index contributed by atoms with van der Waals surface area (Å²) < 4.78 is 0. The molecule has 1 heterocycles. The SMILES string of the molecule is CC.CN(C=O)c1cc(N)ccc1N(C)C1CCC(=O)NC1=O. The predicted octanol–water partition coefficient (Wildman–Crippen LogP) is 1.13. The minimum Gasteiger partial charge on any atom is -0.399 e. The van der Waals surface area contributed by atoms with Crippen LogP contribution in [-0.2, 0) is 14.4 Å². The first-order valence-corrected chi connectivity index (χ1v) is 7.58. The first-order chi connectivity index (χ1) is 10.9. The molecule has 7 heteroatoms. The Morgan fingerprint density at radius 3 is 2.43 bits per heavy atom. The molecule has 0 spiro atoms. The molecule has 126 valence electrons. The molecule has 0 aliphatic carbocycles. The molecule has 2 rings (SSSR count). The van der Waals surface area contributed by atoms with Gasteiger partial charge in [-0.25, -0.2) is 0 Å². The standard InChI is InChI=1S/C14H18N4O3.C2H6/c1-17(8-19)12-7-9(15)3-4-10(12)18(2)11-5-6-13(20)16-14(11)21;1-2/h3-4,7-8,11H,5-6,15H2,1-2H3,(H,16,20,21);1-2H3. The Kier molecular flexibility index (Phi) is 6.56. The van der Waals surface area contributed by atoms with Gasteiger partial charge in [0.25, 0.3) is 0 Å². The Bertz CT molecular complexity index is 589. The average Bonchev–Trinajstić information content (AvgIpc) is 2.55. The van der Waals surface area contributed by atoms with Crippen LogP contribution >= 0.6 is 0 Å².